The Morgan fingerprint density at radius 1 is 0.972 bits per heavy atom. The second-order valence-electron chi connectivity index (χ2n) is 9.18. The molecule has 2 aromatic heterocycles. The second-order valence-corrected chi connectivity index (χ2v) is 9.18. The third kappa shape index (κ3) is 4.66. The van der Waals surface area contributed by atoms with Gasteiger partial charge in [-0.2, -0.15) is 5.10 Å². The number of carbonyl (C=O) groups is 2. The molecular weight excluding hydrogens is 462 g/mol. The summed E-state index contributed by atoms with van der Waals surface area (Å²) in [6.07, 6.45) is 2.41. The van der Waals surface area contributed by atoms with Crippen molar-refractivity contribution >= 4 is 17.6 Å². The van der Waals surface area contributed by atoms with Crippen LogP contribution in [0.15, 0.2) is 36.5 Å². The Morgan fingerprint density at radius 2 is 1.75 bits per heavy atom. The van der Waals surface area contributed by atoms with Crippen molar-refractivity contribution < 1.29 is 19.1 Å². The molecule has 3 amide bonds. The molecule has 190 valence electrons. The van der Waals surface area contributed by atoms with E-state index in [0.29, 0.717) is 55.4 Å². The zero-order chi connectivity index (χ0) is 25.2. The number of aromatic nitrogens is 3. The zero-order valence-electron chi connectivity index (χ0n) is 20.8. The average Bonchev–Trinajstić information content (AvgIpc) is 3.55. The van der Waals surface area contributed by atoms with Crippen molar-refractivity contribution in [3.63, 3.8) is 0 Å². The molecule has 4 heterocycles. The fourth-order valence-electron chi connectivity index (χ4n) is 4.71. The second kappa shape index (κ2) is 10.0. The van der Waals surface area contributed by atoms with Crippen LogP contribution in [0.3, 0.4) is 0 Å². The smallest absolute Gasteiger partial charge is 0.317 e. The Balaban J connectivity index is 1.30. The van der Waals surface area contributed by atoms with E-state index in [-0.39, 0.29) is 18.0 Å². The Morgan fingerprint density at radius 3 is 2.50 bits per heavy atom. The largest absolute Gasteiger partial charge is 0.493 e. The van der Waals surface area contributed by atoms with E-state index in [1.807, 2.05) is 29.2 Å². The van der Waals surface area contributed by atoms with Crippen molar-refractivity contribution in [3.8, 4) is 22.8 Å². The summed E-state index contributed by atoms with van der Waals surface area (Å²) in [6, 6.07) is 9.02. The molecule has 2 saturated heterocycles. The summed E-state index contributed by atoms with van der Waals surface area (Å²) in [4.78, 5) is 36.1. The van der Waals surface area contributed by atoms with E-state index in [1.165, 1.54) is 0 Å². The van der Waals surface area contributed by atoms with Crippen molar-refractivity contribution in [1.82, 2.24) is 34.6 Å². The first-order chi connectivity index (χ1) is 17.5. The van der Waals surface area contributed by atoms with Crippen molar-refractivity contribution in [2.45, 2.75) is 12.5 Å². The number of piperazine rings is 1. The molecule has 2 fully saturated rings. The Kier molecular flexibility index (Phi) is 6.64. The number of methoxy groups -OCH3 is 2. The number of hydrogen-bond acceptors (Lipinski definition) is 7. The van der Waals surface area contributed by atoms with E-state index in [1.54, 1.807) is 35.9 Å². The molecule has 1 N–H and O–H groups in total. The zero-order valence-corrected chi connectivity index (χ0v) is 20.8. The molecule has 0 radical (unpaired) electrons. The predicted molar refractivity (Wildman–Crippen MR) is 133 cm³/mol. The summed E-state index contributed by atoms with van der Waals surface area (Å²) in [5, 5.41) is 7.68. The van der Waals surface area contributed by atoms with Crippen LogP contribution in [0.1, 0.15) is 16.9 Å². The summed E-state index contributed by atoms with van der Waals surface area (Å²) in [5.74, 6) is 1.06. The highest BCUT2D eigenvalue weighted by Crippen LogP contribution is 2.32. The number of fused-ring (bicyclic) bond motifs is 1. The van der Waals surface area contributed by atoms with Gasteiger partial charge in [-0.3, -0.25) is 4.79 Å². The van der Waals surface area contributed by atoms with Gasteiger partial charge in [-0.15, -0.1) is 0 Å². The molecule has 36 heavy (non-hydrogen) atoms. The van der Waals surface area contributed by atoms with Gasteiger partial charge < -0.3 is 29.5 Å². The number of carbonyl (C=O) groups excluding carboxylic acids is 2. The maximum atomic E-state index is 13.3. The minimum absolute atomic E-state index is 0.0566. The minimum Gasteiger partial charge on any atom is -0.493 e. The SMILES string of the molecule is COc1ccc(-c2ccnc3cc(C(=O)N4CC[C@@H](NC(=O)N5CCN(C)CC5)C4)nn23)cc1OC. The van der Waals surface area contributed by atoms with Gasteiger partial charge in [0.2, 0.25) is 0 Å². The summed E-state index contributed by atoms with van der Waals surface area (Å²) < 4.78 is 12.4. The van der Waals surface area contributed by atoms with Crippen LogP contribution >= 0.6 is 0 Å². The number of benzene rings is 1. The summed E-state index contributed by atoms with van der Waals surface area (Å²) in [6.45, 7) is 4.20. The summed E-state index contributed by atoms with van der Waals surface area (Å²) in [7, 11) is 5.24. The van der Waals surface area contributed by atoms with E-state index in [4.69, 9.17) is 9.47 Å². The van der Waals surface area contributed by atoms with Crippen LogP contribution in [0.5, 0.6) is 11.5 Å². The first-order valence-corrected chi connectivity index (χ1v) is 12.1. The highest BCUT2D eigenvalue weighted by molar-refractivity contribution is 5.93. The van der Waals surface area contributed by atoms with Crippen LogP contribution in [0.2, 0.25) is 0 Å². The van der Waals surface area contributed by atoms with Crippen LogP contribution in [-0.2, 0) is 0 Å². The molecule has 2 aliphatic rings. The molecule has 0 saturated carbocycles. The molecule has 0 bridgehead atoms. The number of amides is 3. The number of nitrogens with one attached hydrogen (secondary N) is 1. The van der Waals surface area contributed by atoms with Gasteiger partial charge in [0.25, 0.3) is 5.91 Å². The van der Waals surface area contributed by atoms with E-state index in [2.05, 4.69) is 27.3 Å². The molecule has 1 aromatic carbocycles. The third-order valence-corrected chi connectivity index (χ3v) is 6.85. The average molecular weight is 494 g/mol. The van der Waals surface area contributed by atoms with Crippen molar-refractivity contribution in [3.05, 3.63) is 42.2 Å². The molecule has 0 spiro atoms. The highest BCUT2D eigenvalue weighted by atomic mass is 16.5. The van der Waals surface area contributed by atoms with Crippen LogP contribution in [0, 0.1) is 0 Å². The van der Waals surface area contributed by atoms with Crippen molar-refractivity contribution in [2.75, 3.05) is 60.5 Å². The molecular formula is C25H31N7O4. The molecule has 2 aliphatic heterocycles. The first kappa shape index (κ1) is 23.9. The number of ether oxygens (including phenoxy) is 2. The van der Waals surface area contributed by atoms with Gasteiger partial charge >= 0.3 is 6.03 Å². The Hall–Kier alpha value is -3.86. The number of rotatable bonds is 5. The fraction of sp³-hybridized carbons (Fsp3) is 0.440. The lowest BCUT2D eigenvalue weighted by molar-refractivity contribution is 0.0782. The predicted octanol–water partition coefficient (Wildman–Crippen LogP) is 1.58. The number of likely N-dealkylation sites (N-methyl/N-ethyl adjacent to an activating group) is 1. The third-order valence-electron chi connectivity index (χ3n) is 6.85. The molecule has 11 nitrogen and oxygen atoms in total. The number of likely N-dealkylation sites (tertiary alicyclic amines) is 1. The van der Waals surface area contributed by atoms with E-state index >= 15 is 0 Å². The quantitative estimate of drug-likeness (QED) is 0.576. The summed E-state index contributed by atoms with van der Waals surface area (Å²) >= 11 is 0. The van der Waals surface area contributed by atoms with Gasteiger partial charge in [0.05, 0.1) is 19.9 Å². The molecule has 11 heteroatoms. The monoisotopic (exact) mass is 493 g/mol. The lowest BCUT2D eigenvalue weighted by Crippen LogP contribution is -2.53. The van der Waals surface area contributed by atoms with Gasteiger partial charge in [-0.1, -0.05) is 0 Å². The lowest BCUT2D eigenvalue weighted by atomic mass is 10.1. The first-order valence-electron chi connectivity index (χ1n) is 12.1. The maximum Gasteiger partial charge on any atom is 0.317 e. The van der Waals surface area contributed by atoms with E-state index in [0.717, 1.165) is 24.3 Å². The maximum absolute atomic E-state index is 13.3. The number of urea groups is 1. The van der Waals surface area contributed by atoms with Gasteiger partial charge in [0.1, 0.15) is 0 Å². The fourth-order valence-corrected chi connectivity index (χ4v) is 4.71. The van der Waals surface area contributed by atoms with Gasteiger partial charge in [0.15, 0.2) is 22.8 Å². The minimum atomic E-state index is -0.171. The Labute approximate surface area is 209 Å². The van der Waals surface area contributed by atoms with Crippen molar-refractivity contribution in [2.24, 2.45) is 0 Å². The van der Waals surface area contributed by atoms with Crippen LogP contribution in [-0.4, -0.2) is 108 Å². The standard InChI is InChI=1S/C25H31N7O4/c1-29-10-12-30(13-11-29)25(34)27-18-7-9-31(16-18)24(33)19-15-23-26-8-6-20(32(23)28-19)17-4-5-21(35-2)22(14-17)36-3/h4-6,8,14-15,18H,7,9-13,16H2,1-3H3,(H,27,34)/t18-/m1/s1. The normalized spacial score (nSPS) is 18.5. The topological polar surface area (TPSA) is 105 Å². The van der Waals surface area contributed by atoms with Crippen LogP contribution in [0.25, 0.3) is 16.9 Å². The number of hydrogen-bond donors (Lipinski definition) is 1. The molecule has 0 aliphatic carbocycles. The molecule has 0 unspecified atom stereocenters. The highest BCUT2D eigenvalue weighted by Gasteiger charge is 2.31. The van der Waals surface area contributed by atoms with Crippen molar-refractivity contribution in [1.29, 1.82) is 0 Å². The molecule has 3 aromatic rings. The van der Waals surface area contributed by atoms with E-state index in [9.17, 15) is 9.59 Å². The Bertz CT molecular complexity index is 1270. The van der Waals surface area contributed by atoms with Crippen LogP contribution < -0.4 is 14.8 Å². The number of nitrogens with zero attached hydrogens (tertiary/aromatic N) is 6. The lowest BCUT2D eigenvalue weighted by Gasteiger charge is -2.33. The summed E-state index contributed by atoms with van der Waals surface area (Å²) in [5.41, 5.74) is 2.53. The van der Waals surface area contributed by atoms with Gasteiger partial charge in [-0.05, 0) is 37.7 Å². The van der Waals surface area contributed by atoms with Crippen LogP contribution in [0.4, 0.5) is 4.79 Å². The molecule has 5 rings (SSSR count). The van der Waals surface area contributed by atoms with Gasteiger partial charge in [-0.25, -0.2) is 14.3 Å². The molecule has 1 atom stereocenters. The van der Waals surface area contributed by atoms with Gasteiger partial charge in [0, 0.05) is 63.1 Å². The van der Waals surface area contributed by atoms with E-state index < -0.39 is 0 Å².